The van der Waals surface area contributed by atoms with Crippen molar-refractivity contribution in [2.45, 2.75) is 71.9 Å². The number of hydrogen-bond donors (Lipinski definition) is 1. The third-order valence-electron chi connectivity index (χ3n) is 6.08. The van der Waals surface area contributed by atoms with Crippen LogP contribution in [-0.4, -0.2) is 29.1 Å². The van der Waals surface area contributed by atoms with E-state index < -0.39 is 5.97 Å². The Bertz CT molecular complexity index is 871. The molecule has 1 unspecified atom stereocenters. The van der Waals surface area contributed by atoms with Gasteiger partial charge in [-0.25, -0.2) is 0 Å². The minimum atomic E-state index is -0.684. The zero-order chi connectivity index (χ0) is 22.8. The van der Waals surface area contributed by atoms with Gasteiger partial charge in [0.05, 0.1) is 5.92 Å². The van der Waals surface area contributed by atoms with Gasteiger partial charge in [0.15, 0.2) is 0 Å². The molecule has 168 valence electrons. The van der Waals surface area contributed by atoms with Crippen molar-refractivity contribution in [3.8, 4) is 5.75 Å². The summed E-state index contributed by atoms with van der Waals surface area (Å²) in [6, 6.07) is 15.0. The van der Waals surface area contributed by atoms with Gasteiger partial charge in [-0.05, 0) is 58.2 Å². The van der Waals surface area contributed by atoms with Crippen LogP contribution in [0.4, 0.5) is 0 Å². The molecule has 0 bridgehead atoms. The van der Waals surface area contributed by atoms with Crippen LogP contribution in [0, 0.1) is 5.92 Å². The van der Waals surface area contributed by atoms with Gasteiger partial charge >= 0.3 is 5.97 Å². The molecule has 1 aliphatic heterocycles. The Hall–Kier alpha value is -2.33. The number of benzene rings is 2. The van der Waals surface area contributed by atoms with E-state index in [1.807, 2.05) is 12.1 Å². The molecule has 31 heavy (non-hydrogen) atoms. The highest BCUT2D eigenvalue weighted by atomic mass is 16.5. The van der Waals surface area contributed by atoms with Crippen LogP contribution in [0.15, 0.2) is 42.5 Å². The lowest BCUT2D eigenvalue weighted by Crippen LogP contribution is -2.22. The van der Waals surface area contributed by atoms with Crippen molar-refractivity contribution in [1.29, 1.82) is 0 Å². The minimum absolute atomic E-state index is 0.0902. The topological polar surface area (TPSA) is 49.8 Å². The number of carboxylic acids is 1. The summed E-state index contributed by atoms with van der Waals surface area (Å²) in [6.07, 6.45) is 0.737. The summed E-state index contributed by atoms with van der Waals surface area (Å²) in [7, 11) is 0. The second-order valence-electron chi connectivity index (χ2n) is 10.9. The first-order chi connectivity index (χ1) is 14.4. The molecule has 2 aromatic carbocycles. The maximum absolute atomic E-state index is 11.1. The maximum atomic E-state index is 11.1. The van der Waals surface area contributed by atoms with E-state index in [1.165, 1.54) is 22.3 Å². The molecule has 0 saturated carbocycles. The van der Waals surface area contributed by atoms with Crippen LogP contribution >= 0.6 is 0 Å². The third-order valence-corrected chi connectivity index (χ3v) is 6.08. The number of ether oxygens (including phenoxy) is 1. The summed E-state index contributed by atoms with van der Waals surface area (Å²) >= 11 is 0. The van der Waals surface area contributed by atoms with Crippen molar-refractivity contribution >= 4 is 5.97 Å². The average molecular weight is 424 g/mol. The number of nitrogens with zero attached hydrogens (tertiary/aromatic N) is 1. The SMILES string of the molecule is CC(C)(C)c1cc(COc2ccc(CN3CCC(C(=O)O)C3)cc2)cc(C(C)(C)C)c1. The molecule has 0 aliphatic carbocycles. The van der Waals surface area contributed by atoms with Crippen molar-refractivity contribution < 1.29 is 14.6 Å². The highest BCUT2D eigenvalue weighted by molar-refractivity contribution is 5.70. The monoisotopic (exact) mass is 423 g/mol. The molecule has 0 amide bonds. The maximum Gasteiger partial charge on any atom is 0.307 e. The molecule has 1 N–H and O–H groups in total. The van der Waals surface area contributed by atoms with Crippen molar-refractivity contribution in [3.63, 3.8) is 0 Å². The van der Waals surface area contributed by atoms with E-state index in [1.54, 1.807) is 0 Å². The molecular formula is C27H37NO3. The van der Waals surface area contributed by atoms with E-state index in [0.29, 0.717) is 13.2 Å². The average Bonchev–Trinajstić information content (AvgIpc) is 3.15. The molecule has 0 radical (unpaired) electrons. The van der Waals surface area contributed by atoms with E-state index in [-0.39, 0.29) is 16.7 Å². The molecule has 1 heterocycles. The van der Waals surface area contributed by atoms with Crippen LogP contribution in [0.25, 0.3) is 0 Å². The summed E-state index contributed by atoms with van der Waals surface area (Å²) in [5.74, 6) is -0.0621. The normalized spacial score (nSPS) is 17.7. The van der Waals surface area contributed by atoms with E-state index in [9.17, 15) is 4.79 Å². The fraction of sp³-hybridized carbons (Fsp3) is 0.519. The lowest BCUT2D eigenvalue weighted by molar-refractivity contribution is -0.141. The Morgan fingerprint density at radius 1 is 0.968 bits per heavy atom. The van der Waals surface area contributed by atoms with Crippen LogP contribution in [0.5, 0.6) is 5.75 Å². The van der Waals surface area contributed by atoms with Crippen molar-refractivity contribution in [3.05, 3.63) is 64.7 Å². The lowest BCUT2D eigenvalue weighted by atomic mass is 9.79. The van der Waals surface area contributed by atoms with Crippen LogP contribution in [-0.2, 0) is 28.8 Å². The first kappa shape index (κ1) is 23.3. The summed E-state index contributed by atoms with van der Waals surface area (Å²) in [5.41, 5.74) is 5.22. The summed E-state index contributed by atoms with van der Waals surface area (Å²) in [6.45, 7) is 16.3. The Balaban J connectivity index is 1.64. The smallest absolute Gasteiger partial charge is 0.307 e. The van der Waals surface area contributed by atoms with E-state index in [2.05, 4.69) is 76.8 Å². The Labute approximate surface area is 187 Å². The highest BCUT2D eigenvalue weighted by Crippen LogP contribution is 2.31. The van der Waals surface area contributed by atoms with Gasteiger partial charge < -0.3 is 9.84 Å². The largest absolute Gasteiger partial charge is 0.489 e. The second kappa shape index (κ2) is 9.04. The van der Waals surface area contributed by atoms with Crippen LogP contribution in [0.1, 0.15) is 70.2 Å². The number of aliphatic carboxylic acids is 1. The molecule has 0 spiro atoms. The summed E-state index contributed by atoms with van der Waals surface area (Å²) in [4.78, 5) is 13.4. The number of rotatable bonds is 6. The number of likely N-dealkylation sites (tertiary alicyclic amines) is 1. The first-order valence-electron chi connectivity index (χ1n) is 11.2. The van der Waals surface area contributed by atoms with Gasteiger partial charge in [0.1, 0.15) is 12.4 Å². The molecule has 2 aromatic rings. The number of carbonyl (C=O) groups is 1. The molecule has 1 fully saturated rings. The zero-order valence-corrected chi connectivity index (χ0v) is 19.9. The Morgan fingerprint density at radius 2 is 1.55 bits per heavy atom. The molecule has 1 aliphatic rings. The molecule has 1 saturated heterocycles. The fourth-order valence-electron chi connectivity index (χ4n) is 3.94. The van der Waals surface area contributed by atoms with E-state index in [0.717, 1.165) is 25.3 Å². The summed E-state index contributed by atoms with van der Waals surface area (Å²) < 4.78 is 6.11. The first-order valence-corrected chi connectivity index (χ1v) is 11.2. The predicted molar refractivity (Wildman–Crippen MR) is 126 cm³/mol. The third kappa shape index (κ3) is 6.33. The number of hydrogen-bond acceptors (Lipinski definition) is 3. The molecule has 1 atom stereocenters. The minimum Gasteiger partial charge on any atom is -0.489 e. The van der Waals surface area contributed by atoms with Gasteiger partial charge in [-0.2, -0.15) is 0 Å². The Morgan fingerprint density at radius 3 is 2.03 bits per heavy atom. The number of carboxylic acid groups (broad SMARTS) is 1. The second-order valence-corrected chi connectivity index (χ2v) is 10.9. The molecule has 0 aromatic heterocycles. The van der Waals surface area contributed by atoms with Gasteiger partial charge in [-0.3, -0.25) is 9.69 Å². The van der Waals surface area contributed by atoms with Gasteiger partial charge in [-0.15, -0.1) is 0 Å². The van der Waals surface area contributed by atoms with Crippen LogP contribution in [0.2, 0.25) is 0 Å². The zero-order valence-electron chi connectivity index (χ0n) is 19.9. The van der Waals surface area contributed by atoms with Gasteiger partial charge in [0.25, 0.3) is 0 Å². The van der Waals surface area contributed by atoms with Gasteiger partial charge in [0.2, 0.25) is 0 Å². The molecule has 3 rings (SSSR count). The van der Waals surface area contributed by atoms with E-state index >= 15 is 0 Å². The van der Waals surface area contributed by atoms with Gasteiger partial charge in [0, 0.05) is 13.1 Å². The highest BCUT2D eigenvalue weighted by Gasteiger charge is 2.27. The molecule has 4 heteroatoms. The fourth-order valence-corrected chi connectivity index (χ4v) is 3.94. The standard InChI is InChI=1S/C27H37NO3/c1-26(2,3)22-13-20(14-23(15-22)27(4,5)6)18-31-24-9-7-19(8-10-24)16-28-12-11-21(17-28)25(29)30/h7-10,13-15,21H,11-12,16-18H2,1-6H3,(H,29,30). The molecular weight excluding hydrogens is 386 g/mol. The van der Waals surface area contributed by atoms with Crippen molar-refractivity contribution in [1.82, 2.24) is 4.90 Å². The van der Waals surface area contributed by atoms with Gasteiger partial charge in [-0.1, -0.05) is 71.9 Å². The lowest BCUT2D eigenvalue weighted by Gasteiger charge is -2.26. The van der Waals surface area contributed by atoms with Crippen LogP contribution in [0.3, 0.4) is 0 Å². The molecule has 4 nitrogen and oxygen atoms in total. The van der Waals surface area contributed by atoms with Crippen molar-refractivity contribution in [2.24, 2.45) is 5.92 Å². The summed E-state index contributed by atoms with van der Waals surface area (Å²) in [5, 5.41) is 9.17. The Kier molecular flexibility index (Phi) is 6.80. The van der Waals surface area contributed by atoms with E-state index in [4.69, 9.17) is 9.84 Å². The van der Waals surface area contributed by atoms with Crippen molar-refractivity contribution in [2.75, 3.05) is 13.1 Å². The quantitative estimate of drug-likeness (QED) is 0.641. The van der Waals surface area contributed by atoms with Crippen LogP contribution < -0.4 is 4.74 Å². The predicted octanol–water partition coefficient (Wildman–Crippen LogP) is 5.77.